The molecule has 1 N–H and O–H groups in total. The van der Waals surface area contributed by atoms with E-state index in [0.29, 0.717) is 22.2 Å². The maximum absolute atomic E-state index is 12.3. The number of carbonyl (C=O) groups excluding carboxylic acids is 1. The SMILES string of the molecule is COc1cc(C(=O)Nc2nc(C)c(C)s2)cc(OC)c1C. The van der Waals surface area contributed by atoms with Gasteiger partial charge in [0.05, 0.1) is 19.9 Å². The minimum Gasteiger partial charge on any atom is -0.496 e. The molecule has 1 aromatic heterocycles. The highest BCUT2D eigenvalue weighted by atomic mass is 32.1. The summed E-state index contributed by atoms with van der Waals surface area (Å²) < 4.78 is 10.6. The van der Waals surface area contributed by atoms with Crippen LogP contribution in [0.2, 0.25) is 0 Å². The minimum absolute atomic E-state index is 0.236. The van der Waals surface area contributed by atoms with Gasteiger partial charge in [-0.05, 0) is 32.9 Å². The van der Waals surface area contributed by atoms with Gasteiger partial charge in [0.1, 0.15) is 11.5 Å². The van der Waals surface area contributed by atoms with Crippen LogP contribution in [0.1, 0.15) is 26.5 Å². The van der Waals surface area contributed by atoms with E-state index in [4.69, 9.17) is 9.47 Å². The number of anilines is 1. The van der Waals surface area contributed by atoms with Crippen molar-refractivity contribution in [3.8, 4) is 11.5 Å². The number of methoxy groups -OCH3 is 2. The third kappa shape index (κ3) is 3.16. The molecule has 2 rings (SSSR count). The van der Waals surface area contributed by atoms with Crippen LogP contribution in [-0.4, -0.2) is 25.1 Å². The Balaban J connectivity index is 2.30. The first-order valence-corrected chi connectivity index (χ1v) is 7.26. The summed E-state index contributed by atoms with van der Waals surface area (Å²) in [6, 6.07) is 3.39. The van der Waals surface area contributed by atoms with Crippen molar-refractivity contribution in [1.82, 2.24) is 4.98 Å². The number of thiazole rings is 1. The van der Waals surface area contributed by atoms with Crippen LogP contribution in [0, 0.1) is 20.8 Å². The maximum Gasteiger partial charge on any atom is 0.257 e. The number of carbonyl (C=O) groups is 1. The van der Waals surface area contributed by atoms with E-state index in [-0.39, 0.29) is 5.91 Å². The van der Waals surface area contributed by atoms with E-state index in [0.717, 1.165) is 16.1 Å². The second kappa shape index (κ2) is 6.13. The molecule has 0 aliphatic rings. The number of aryl methyl sites for hydroxylation is 2. The van der Waals surface area contributed by atoms with E-state index >= 15 is 0 Å². The summed E-state index contributed by atoms with van der Waals surface area (Å²) in [6.07, 6.45) is 0. The van der Waals surface area contributed by atoms with Gasteiger partial charge >= 0.3 is 0 Å². The molecule has 5 nitrogen and oxygen atoms in total. The van der Waals surface area contributed by atoms with E-state index in [9.17, 15) is 4.79 Å². The van der Waals surface area contributed by atoms with Crippen LogP contribution in [0.15, 0.2) is 12.1 Å². The molecule has 21 heavy (non-hydrogen) atoms. The van der Waals surface area contributed by atoms with E-state index in [1.807, 2.05) is 20.8 Å². The molecule has 1 aromatic carbocycles. The number of ether oxygens (including phenoxy) is 2. The molecular weight excluding hydrogens is 288 g/mol. The van der Waals surface area contributed by atoms with E-state index in [2.05, 4.69) is 10.3 Å². The largest absolute Gasteiger partial charge is 0.496 e. The summed E-state index contributed by atoms with van der Waals surface area (Å²) in [7, 11) is 3.13. The first kappa shape index (κ1) is 15.3. The lowest BCUT2D eigenvalue weighted by molar-refractivity contribution is 0.102. The lowest BCUT2D eigenvalue weighted by Gasteiger charge is -2.12. The molecule has 0 bridgehead atoms. The van der Waals surface area contributed by atoms with E-state index < -0.39 is 0 Å². The fourth-order valence-corrected chi connectivity index (χ4v) is 2.72. The number of nitrogens with one attached hydrogen (secondary N) is 1. The van der Waals surface area contributed by atoms with Crippen molar-refractivity contribution in [3.63, 3.8) is 0 Å². The monoisotopic (exact) mass is 306 g/mol. The Labute approximate surface area is 127 Å². The maximum atomic E-state index is 12.3. The summed E-state index contributed by atoms with van der Waals surface area (Å²) in [4.78, 5) is 17.7. The zero-order valence-corrected chi connectivity index (χ0v) is 13.6. The van der Waals surface area contributed by atoms with Crippen molar-refractivity contribution in [3.05, 3.63) is 33.8 Å². The number of benzene rings is 1. The average Bonchev–Trinajstić information content (AvgIpc) is 2.77. The molecule has 0 unspecified atom stereocenters. The van der Waals surface area contributed by atoms with Gasteiger partial charge in [-0.1, -0.05) is 0 Å². The number of amides is 1. The van der Waals surface area contributed by atoms with Crippen molar-refractivity contribution < 1.29 is 14.3 Å². The standard InChI is InChI=1S/C15H18N2O3S/c1-8-12(19-4)6-11(7-13(8)20-5)14(18)17-15-16-9(2)10(3)21-15/h6-7H,1-5H3,(H,16,17,18). The number of hydrogen-bond acceptors (Lipinski definition) is 5. The topological polar surface area (TPSA) is 60.5 Å². The highest BCUT2D eigenvalue weighted by molar-refractivity contribution is 7.15. The Bertz CT molecular complexity index is 635. The van der Waals surface area contributed by atoms with Crippen molar-refractivity contribution in [2.45, 2.75) is 20.8 Å². The zero-order valence-electron chi connectivity index (χ0n) is 12.7. The lowest BCUT2D eigenvalue weighted by atomic mass is 10.1. The molecule has 0 aliphatic heterocycles. The Morgan fingerprint density at radius 2 is 1.71 bits per heavy atom. The summed E-state index contributed by atoms with van der Waals surface area (Å²) >= 11 is 1.45. The van der Waals surface area contributed by atoms with Crippen LogP contribution in [0.4, 0.5) is 5.13 Å². The van der Waals surface area contributed by atoms with Gasteiger partial charge in [-0.25, -0.2) is 4.98 Å². The van der Waals surface area contributed by atoms with Crippen LogP contribution < -0.4 is 14.8 Å². The van der Waals surface area contributed by atoms with Gasteiger partial charge in [-0.2, -0.15) is 0 Å². The van der Waals surface area contributed by atoms with E-state index in [1.54, 1.807) is 26.4 Å². The predicted octanol–water partition coefficient (Wildman–Crippen LogP) is 3.34. The zero-order chi connectivity index (χ0) is 15.6. The first-order valence-electron chi connectivity index (χ1n) is 6.44. The third-order valence-corrected chi connectivity index (χ3v) is 4.25. The molecular formula is C15H18N2O3S. The van der Waals surface area contributed by atoms with Gasteiger partial charge in [0.15, 0.2) is 5.13 Å². The van der Waals surface area contributed by atoms with Gasteiger partial charge in [-0.15, -0.1) is 11.3 Å². The molecule has 0 radical (unpaired) electrons. The van der Waals surface area contributed by atoms with Crippen LogP contribution in [-0.2, 0) is 0 Å². The Morgan fingerprint density at radius 1 is 1.14 bits per heavy atom. The molecule has 112 valence electrons. The second-order valence-electron chi connectivity index (χ2n) is 4.62. The molecule has 1 heterocycles. The number of rotatable bonds is 4. The Hall–Kier alpha value is -2.08. The lowest BCUT2D eigenvalue weighted by Crippen LogP contribution is -2.12. The highest BCUT2D eigenvalue weighted by Crippen LogP contribution is 2.30. The van der Waals surface area contributed by atoms with Crippen LogP contribution >= 0.6 is 11.3 Å². The van der Waals surface area contributed by atoms with Crippen molar-refractivity contribution in [2.24, 2.45) is 0 Å². The fourth-order valence-electron chi connectivity index (χ4n) is 1.91. The molecule has 0 saturated carbocycles. The molecule has 0 aliphatic carbocycles. The number of nitrogens with zero attached hydrogens (tertiary/aromatic N) is 1. The summed E-state index contributed by atoms with van der Waals surface area (Å²) in [6.45, 7) is 5.77. The number of aromatic nitrogens is 1. The molecule has 0 saturated heterocycles. The van der Waals surface area contributed by atoms with Crippen molar-refractivity contribution in [2.75, 3.05) is 19.5 Å². The van der Waals surface area contributed by atoms with Crippen LogP contribution in [0.5, 0.6) is 11.5 Å². The Kier molecular flexibility index (Phi) is 4.47. The fraction of sp³-hybridized carbons (Fsp3) is 0.333. The van der Waals surface area contributed by atoms with Crippen molar-refractivity contribution >= 4 is 22.4 Å². The van der Waals surface area contributed by atoms with Crippen LogP contribution in [0.3, 0.4) is 0 Å². The first-order chi connectivity index (χ1) is 9.96. The molecule has 2 aromatic rings. The van der Waals surface area contributed by atoms with Gasteiger partial charge < -0.3 is 9.47 Å². The van der Waals surface area contributed by atoms with Gasteiger partial charge in [0, 0.05) is 16.0 Å². The quantitative estimate of drug-likeness (QED) is 0.941. The van der Waals surface area contributed by atoms with Gasteiger partial charge in [-0.3, -0.25) is 10.1 Å². The molecule has 6 heteroatoms. The highest BCUT2D eigenvalue weighted by Gasteiger charge is 2.15. The van der Waals surface area contributed by atoms with Gasteiger partial charge in [0.25, 0.3) is 5.91 Å². The average molecular weight is 306 g/mol. The van der Waals surface area contributed by atoms with Crippen molar-refractivity contribution in [1.29, 1.82) is 0 Å². The molecule has 0 atom stereocenters. The number of hydrogen-bond donors (Lipinski definition) is 1. The third-order valence-electron chi connectivity index (χ3n) is 3.26. The molecule has 1 amide bonds. The predicted molar refractivity (Wildman–Crippen MR) is 83.8 cm³/mol. The summed E-state index contributed by atoms with van der Waals surface area (Å²) in [5.74, 6) is 0.998. The Morgan fingerprint density at radius 3 is 2.14 bits per heavy atom. The summed E-state index contributed by atoms with van der Waals surface area (Å²) in [5.41, 5.74) is 2.26. The van der Waals surface area contributed by atoms with Crippen LogP contribution in [0.25, 0.3) is 0 Å². The van der Waals surface area contributed by atoms with Gasteiger partial charge in [0.2, 0.25) is 0 Å². The smallest absolute Gasteiger partial charge is 0.257 e. The summed E-state index contributed by atoms with van der Waals surface area (Å²) in [5, 5.41) is 3.39. The molecule has 0 spiro atoms. The van der Waals surface area contributed by atoms with E-state index in [1.165, 1.54) is 11.3 Å². The second-order valence-corrected chi connectivity index (χ2v) is 5.82. The normalized spacial score (nSPS) is 10.3. The molecule has 0 fully saturated rings. The minimum atomic E-state index is -0.236.